The summed E-state index contributed by atoms with van der Waals surface area (Å²) in [5, 5.41) is 2.87. The Hall–Kier alpha value is -1.51. The maximum Gasteiger partial charge on any atom is 0.258 e. The SMILES string of the molecule is CC[C@@H](C)NC(=O)COc1cccc(C(C)C)c1. The second-order valence-electron chi connectivity index (χ2n) is 4.89. The maximum atomic E-state index is 11.6. The van der Waals surface area contributed by atoms with E-state index >= 15 is 0 Å². The van der Waals surface area contributed by atoms with Crippen molar-refractivity contribution in [1.29, 1.82) is 0 Å². The molecule has 0 spiro atoms. The van der Waals surface area contributed by atoms with Crippen LogP contribution in [0.1, 0.15) is 45.6 Å². The molecule has 18 heavy (non-hydrogen) atoms. The van der Waals surface area contributed by atoms with E-state index in [9.17, 15) is 4.79 Å². The zero-order chi connectivity index (χ0) is 13.5. The molecule has 1 amide bonds. The Morgan fingerprint density at radius 1 is 1.33 bits per heavy atom. The van der Waals surface area contributed by atoms with E-state index in [1.807, 2.05) is 32.0 Å². The predicted molar refractivity (Wildman–Crippen MR) is 73.9 cm³/mol. The summed E-state index contributed by atoms with van der Waals surface area (Å²) >= 11 is 0. The van der Waals surface area contributed by atoms with Gasteiger partial charge < -0.3 is 10.1 Å². The highest BCUT2D eigenvalue weighted by atomic mass is 16.5. The first-order valence-corrected chi connectivity index (χ1v) is 6.55. The number of benzene rings is 1. The molecule has 1 N–H and O–H groups in total. The lowest BCUT2D eigenvalue weighted by molar-refractivity contribution is -0.123. The molecule has 0 bridgehead atoms. The molecule has 0 aliphatic carbocycles. The summed E-state index contributed by atoms with van der Waals surface area (Å²) < 4.78 is 5.49. The normalized spacial score (nSPS) is 12.3. The van der Waals surface area contributed by atoms with Gasteiger partial charge in [0.2, 0.25) is 0 Å². The van der Waals surface area contributed by atoms with Crippen molar-refractivity contribution in [2.75, 3.05) is 6.61 Å². The Morgan fingerprint density at radius 2 is 2.06 bits per heavy atom. The number of rotatable bonds is 6. The van der Waals surface area contributed by atoms with Crippen LogP contribution < -0.4 is 10.1 Å². The molecular formula is C15H23NO2. The van der Waals surface area contributed by atoms with Crippen LogP contribution >= 0.6 is 0 Å². The van der Waals surface area contributed by atoms with Crippen LogP contribution in [-0.2, 0) is 4.79 Å². The summed E-state index contributed by atoms with van der Waals surface area (Å²) in [5.41, 5.74) is 1.22. The summed E-state index contributed by atoms with van der Waals surface area (Å²) in [6, 6.07) is 8.08. The first-order chi connectivity index (χ1) is 8.52. The first kappa shape index (κ1) is 14.6. The van der Waals surface area contributed by atoms with Gasteiger partial charge in [0.15, 0.2) is 6.61 Å². The van der Waals surface area contributed by atoms with Crippen LogP contribution in [0.2, 0.25) is 0 Å². The van der Waals surface area contributed by atoms with Crippen molar-refractivity contribution in [3.05, 3.63) is 29.8 Å². The number of amides is 1. The Morgan fingerprint density at radius 3 is 2.67 bits per heavy atom. The van der Waals surface area contributed by atoms with Gasteiger partial charge in [0.1, 0.15) is 5.75 Å². The van der Waals surface area contributed by atoms with Gasteiger partial charge in [-0.1, -0.05) is 32.9 Å². The van der Waals surface area contributed by atoms with Crippen molar-refractivity contribution in [2.24, 2.45) is 0 Å². The smallest absolute Gasteiger partial charge is 0.258 e. The van der Waals surface area contributed by atoms with Crippen molar-refractivity contribution >= 4 is 5.91 Å². The van der Waals surface area contributed by atoms with Gasteiger partial charge in [-0.25, -0.2) is 0 Å². The van der Waals surface area contributed by atoms with Crippen LogP contribution in [-0.4, -0.2) is 18.6 Å². The van der Waals surface area contributed by atoms with Crippen molar-refractivity contribution in [2.45, 2.75) is 46.1 Å². The van der Waals surface area contributed by atoms with Crippen LogP contribution in [0.4, 0.5) is 0 Å². The number of hydrogen-bond donors (Lipinski definition) is 1. The van der Waals surface area contributed by atoms with E-state index in [0.717, 1.165) is 12.2 Å². The second kappa shape index (κ2) is 7.04. The van der Waals surface area contributed by atoms with E-state index in [2.05, 4.69) is 25.2 Å². The molecule has 3 nitrogen and oxygen atoms in total. The monoisotopic (exact) mass is 249 g/mol. The molecule has 0 fully saturated rings. The van der Waals surface area contributed by atoms with Gasteiger partial charge in [-0.15, -0.1) is 0 Å². The molecule has 0 aromatic heterocycles. The Balaban J connectivity index is 2.48. The van der Waals surface area contributed by atoms with Crippen molar-refractivity contribution in [1.82, 2.24) is 5.32 Å². The first-order valence-electron chi connectivity index (χ1n) is 6.55. The lowest BCUT2D eigenvalue weighted by Gasteiger charge is -2.13. The summed E-state index contributed by atoms with van der Waals surface area (Å²) in [7, 11) is 0. The topological polar surface area (TPSA) is 38.3 Å². The molecule has 0 heterocycles. The highest BCUT2D eigenvalue weighted by Crippen LogP contribution is 2.19. The minimum absolute atomic E-state index is 0.0701. The molecule has 0 aliphatic rings. The largest absolute Gasteiger partial charge is 0.484 e. The molecule has 0 saturated carbocycles. The fourth-order valence-electron chi connectivity index (χ4n) is 1.53. The van der Waals surface area contributed by atoms with E-state index in [-0.39, 0.29) is 18.6 Å². The van der Waals surface area contributed by atoms with E-state index < -0.39 is 0 Å². The number of carbonyl (C=O) groups is 1. The van der Waals surface area contributed by atoms with Crippen molar-refractivity contribution in [3.63, 3.8) is 0 Å². The van der Waals surface area contributed by atoms with Crippen LogP contribution in [0.5, 0.6) is 5.75 Å². The number of hydrogen-bond acceptors (Lipinski definition) is 2. The molecule has 0 radical (unpaired) electrons. The van der Waals surface area contributed by atoms with Gasteiger partial charge in [0, 0.05) is 6.04 Å². The number of carbonyl (C=O) groups excluding carboxylic acids is 1. The standard InChI is InChI=1S/C15H23NO2/c1-5-12(4)16-15(17)10-18-14-8-6-7-13(9-14)11(2)3/h6-9,11-12H,5,10H2,1-4H3,(H,16,17)/t12-/m1/s1. The summed E-state index contributed by atoms with van der Waals surface area (Å²) in [4.78, 5) is 11.6. The highest BCUT2D eigenvalue weighted by molar-refractivity contribution is 5.77. The van der Waals surface area contributed by atoms with Gasteiger partial charge in [0.25, 0.3) is 5.91 Å². The second-order valence-corrected chi connectivity index (χ2v) is 4.89. The van der Waals surface area contributed by atoms with E-state index in [0.29, 0.717) is 5.92 Å². The van der Waals surface area contributed by atoms with Crippen molar-refractivity contribution < 1.29 is 9.53 Å². The average Bonchev–Trinajstić information content (AvgIpc) is 2.36. The Labute approximate surface area is 110 Å². The van der Waals surface area contributed by atoms with Gasteiger partial charge in [-0.2, -0.15) is 0 Å². The third-order valence-corrected chi connectivity index (χ3v) is 2.91. The van der Waals surface area contributed by atoms with E-state index in [1.165, 1.54) is 5.56 Å². The molecule has 0 aliphatic heterocycles. The highest BCUT2D eigenvalue weighted by Gasteiger charge is 2.07. The predicted octanol–water partition coefficient (Wildman–Crippen LogP) is 3.10. The Bertz CT molecular complexity index is 388. The minimum Gasteiger partial charge on any atom is -0.484 e. The molecule has 100 valence electrons. The molecule has 1 aromatic carbocycles. The summed E-state index contributed by atoms with van der Waals surface area (Å²) in [6.07, 6.45) is 0.925. The number of nitrogens with one attached hydrogen (secondary N) is 1. The van der Waals surface area contributed by atoms with E-state index in [4.69, 9.17) is 4.74 Å². The molecule has 1 rings (SSSR count). The molecular weight excluding hydrogens is 226 g/mol. The fourth-order valence-corrected chi connectivity index (χ4v) is 1.53. The summed E-state index contributed by atoms with van der Waals surface area (Å²) in [6.45, 7) is 8.37. The minimum atomic E-state index is -0.0701. The third-order valence-electron chi connectivity index (χ3n) is 2.91. The van der Waals surface area contributed by atoms with Crippen LogP contribution in [0.3, 0.4) is 0 Å². The van der Waals surface area contributed by atoms with Gasteiger partial charge in [-0.3, -0.25) is 4.79 Å². The van der Waals surface area contributed by atoms with Gasteiger partial charge >= 0.3 is 0 Å². The van der Waals surface area contributed by atoms with Gasteiger partial charge in [-0.05, 0) is 37.0 Å². The Kier molecular flexibility index (Phi) is 5.69. The third kappa shape index (κ3) is 4.78. The molecule has 0 unspecified atom stereocenters. The van der Waals surface area contributed by atoms with Crippen LogP contribution in [0, 0.1) is 0 Å². The van der Waals surface area contributed by atoms with Gasteiger partial charge in [0.05, 0.1) is 0 Å². The van der Waals surface area contributed by atoms with Crippen molar-refractivity contribution in [3.8, 4) is 5.75 Å². The maximum absolute atomic E-state index is 11.6. The molecule has 1 atom stereocenters. The lowest BCUT2D eigenvalue weighted by atomic mass is 10.0. The molecule has 1 aromatic rings. The average molecular weight is 249 g/mol. The number of ether oxygens (including phenoxy) is 1. The van der Waals surface area contributed by atoms with E-state index in [1.54, 1.807) is 0 Å². The zero-order valence-corrected chi connectivity index (χ0v) is 11.7. The molecule has 0 saturated heterocycles. The lowest BCUT2D eigenvalue weighted by Crippen LogP contribution is -2.35. The molecule has 3 heteroatoms. The summed E-state index contributed by atoms with van der Waals surface area (Å²) in [5.74, 6) is 1.14. The zero-order valence-electron chi connectivity index (χ0n) is 11.7. The van der Waals surface area contributed by atoms with Crippen LogP contribution in [0.25, 0.3) is 0 Å². The quantitative estimate of drug-likeness (QED) is 0.841. The van der Waals surface area contributed by atoms with Crippen LogP contribution in [0.15, 0.2) is 24.3 Å². The fraction of sp³-hybridized carbons (Fsp3) is 0.533.